The van der Waals surface area contributed by atoms with Crippen molar-refractivity contribution in [3.63, 3.8) is 0 Å². The predicted octanol–water partition coefficient (Wildman–Crippen LogP) is 1.75. The van der Waals surface area contributed by atoms with Crippen LogP contribution in [0.4, 0.5) is 4.79 Å². The van der Waals surface area contributed by atoms with Gasteiger partial charge in [-0.2, -0.15) is 0 Å². The zero-order chi connectivity index (χ0) is 10.6. The molecule has 3 N–H and O–H groups in total. The van der Waals surface area contributed by atoms with Crippen molar-refractivity contribution in [1.82, 2.24) is 5.32 Å². The number of benzene rings is 1. The molecule has 0 aromatic heterocycles. The number of hydrogen-bond donors (Lipinski definition) is 3. The van der Waals surface area contributed by atoms with Gasteiger partial charge in [-0.25, -0.2) is 4.79 Å². The first-order valence-corrected chi connectivity index (χ1v) is 4.79. The molecule has 0 bridgehead atoms. The van der Waals surface area contributed by atoms with E-state index in [-0.39, 0.29) is 6.54 Å². The van der Waals surface area contributed by atoms with Gasteiger partial charge in [0.15, 0.2) is 0 Å². The normalized spacial score (nSPS) is 12.1. The number of aliphatic hydroxyl groups is 1. The standard InChI is InChI=1S/C9H10BrNO3/c10-7-3-1-6(2-4-7)8(12)5-11-9(13)14/h1-4,8,11-12H,5H2,(H,13,14). The number of rotatable bonds is 3. The molecular weight excluding hydrogens is 250 g/mol. The smallest absolute Gasteiger partial charge is 0.404 e. The van der Waals surface area contributed by atoms with Crippen LogP contribution in [0.1, 0.15) is 11.7 Å². The monoisotopic (exact) mass is 259 g/mol. The van der Waals surface area contributed by atoms with Gasteiger partial charge < -0.3 is 15.5 Å². The van der Waals surface area contributed by atoms with Crippen molar-refractivity contribution in [3.8, 4) is 0 Å². The highest BCUT2D eigenvalue weighted by Gasteiger charge is 2.07. The Morgan fingerprint density at radius 1 is 1.43 bits per heavy atom. The largest absolute Gasteiger partial charge is 0.465 e. The lowest BCUT2D eigenvalue weighted by Crippen LogP contribution is -2.26. The van der Waals surface area contributed by atoms with E-state index in [1.807, 2.05) is 0 Å². The second kappa shape index (κ2) is 4.97. The quantitative estimate of drug-likeness (QED) is 0.775. The molecule has 1 atom stereocenters. The van der Waals surface area contributed by atoms with E-state index < -0.39 is 12.2 Å². The average molecular weight is 260 g/mol. The van der Waals surface area contributed by atoms with E-state index >= 15 is 0 Å². The highest BCUT2D eigenvalue weighted by Crippen LogP contribution is 2.15. The van der Waals surface area contributed by atoms with Crippen molar-refractivity contribution in [2.75, 3.05) is 6.54 Å². The third kappa shape index (κ3) is 3.35. The zero-order valence-electron chi connectivity index (χ0n) is 7.27. The van der Waals surface area contributed by atoms with E-state index in [0.29, 0.717) is 5.56 Å². The highest BCUT2D eigenvalue weighted by molar-refractivity contribution is 9.10. The number of halogens is 1. The van der Waals surface area contributed by atoms with Crippen molar-refractivity contribution >= 4 is 22.0 Å². The van der Waals surface area contributed by atoms with Crippen LogP contribution in [-0.4, -0.2) is 22.9 Å². The van der Waals surface area contributed by atoms with Crippen molar-refractivity contribution in [2.24, 2.45) is 0 Å². The summed E-state index contributed by atoms with van der Waals surface area (Å²) >= 11 is 3.27. The van der Waals surface area contributed by atoms with Gasteiger partial charge in [0, 0.05) is 4.47 Å². The Bertz CT molecular complexity index is 312. The molecule has 0 spiro atoms. The zero-order valence-corrected chi connectivity index (χ0v) is 8.86. The summed E-state index contributed by atoms with van der Waals surface area (Å²) in [4.78, 5) is 10.2. The lowest BCUT2D eigenvalue weighted by molar-refractivity contribution is 0.159. The molecule has 1 aromatic carbocycles. The topological polar surface area (TPSA) is 69.6 Å². The molecule has 0 radical (unpaired) electrons. The third-order valence-electron chi connectivity index (χ3n) is 1.70. The van der Waals surface area contributed by atoms with Crippen LogP contribution in [-0.2, 0) is 0 Å². The second-order valence-electron chi connectivity index (χ2n) is 2.75. The molecule has 0 saturated carbocycles. The Morgan fingerprint density at radius 2 is 2.00 bits per heavy atom. The van der Waals surface area contributed by atoms with Gasteiger partial charge in [0.2, 0.25) is 0 Å². The SMILES string of the molecule is O=C(O)NCC(O)c1ccc(Br)cc1. The molecule has 5 heteroatoms. The molecular formula is C9H10BrNO3. The van der Waals surface area contributed by atoms with Crippen molar-refractivity contribution in [3.05, 3.63) is 34.3 Å². The molecule has 1 amide bonds. The molecule has 0 aliphatic heterocycles. The van der Waals surface area contributed by atoms with E-state index in [4.69, 9.17) is 5.11 Å². The maximum Gasteiger partial charge on any atom is 0.404 e. The molecule has 1 aromatic rings. The minimum absolute atomic E-state index is 0.00301. The Hall–Kier alpha value is -1.07. The van der Waals surface area contributed by atoms with Gasteiger partial charge in [-0.15, -0.1) is 0 Å². The van der Waals surface area contributed by atoms with E-state index in [9.17, 15) is 9.90 Å². The highest BCUT2D eigenvalue weighted by atomic mass is 79.9. The Kier molecular flexibility index (Phi) is 3.91. The Balaban J connectivity index is 2.56. The first kappa shape index (κ1) is 11.0. The van der Waals surface area contributed by atoms with E-state index in [1.165, 1.54) is 0 Å². The summed E-state index contributed by atoms with van der Waals surface area (Å²) in [7, 11) is 0. The van der Waals surface area contributed by atoms with Gasteiger partial charge in [0.1, 0.15) is 0 Å². The van der Waals surface area contributed by atoms with E-state index in [1.54, 1.807) is 24.3 Å². The molecule has 1 rings (SSSR count). The number of carbonyl (C=O) groups is 1. The third-order valence-corrected chi connectivity index (χ3v) is 2.23. The number of nitrogens with one attached hydrogen (secondary N) is 1. The lowest BCUT2D eigenvalue weighted by atomic mass is 10.1. The van der Waals surface area contributed by atoms with Crippen LogP contribution in [0, 0.1) is 0 Å². The number of carboxylic acid groups (broad SMARTS) is 1. The summed E-state index contributed by atoms with van der Waals surface area (Å²) in [5, 5.41) is 20.0. The molecule has 1 unspecified atom stereocenters. The van der Waals surface area contributed by atoms with E-state index in [0.717, 1.165) is 4.47 Å². The van der Waals surface area contributed by atoms with Gasteiger partial charge in [0.05, 0.1) is 12.6 Å². The molecule has 14 heavy (non-hydrogen) atoms. The van der Waals surface area contributed by atoms with E-state index in [2.05, 4.69) is 21.2 Å². The maximum atomic E-state index is 10.2. The number of hydrogen-bond acceptors (Lipinski definition) is 2. The van der Waals surface area contributed by atoms with Crippen LogP contribution in [0.2, 0.25) is 0 Å². The average Bonchev–Trinajstić information content (AvgIpc) is 2.15. The van der Waals surface area contributed by atoms with Crippen molar-refractivity contribution in [2.45, 2.75) is 6.10 Å². The molecule has 4 nitrogen and oxygen atoms in total. The summed E-state index contributed by atoms with van der Waals surface area (Å²) in [6.07, 6.45) is -1.94. The summed E-state index contributed by atoms with van der Waals surface area (Å²) in [6, 6.07) is 7.05. The van der Waals surface area contributed by atoms with Gasteiger partial charge in [-0.1, -0.05) is 28.1 Å². The minimum Gasteiger partial charge on any atom is -0.465 e. The van der Waals surface area contributed by atoms with Gasteiger partial charge in [-0.05, 0) is 17.7 Å². The summed E-state index contributed by atoms with van der Waals surface area (Å²) < 4.78 is 0.916. The first-order valence-electron chi connectivity index (χ1n) is 4.00. The summed E-state index contributed by atoms with van der Waals surface area (Å²) in [6.45, 7) is -0.00301. The maximum absolute atomic E-state index is 10.2. The fourth-order valence-corrected chi connectivity index (χ4v) is 1.25. The fraction of sp³-hybridized carbons (Fsp3) is 0.222. The Labute approximate surface area is 89.7 Å². The molecule has 0 aliphatic carbocycles. The van der Waals surface area contributed by atoms with Gasteiger partial charge in [-0.3, -0.25) is 0 Å². The van der Waals surface area contributed by atoms with Gasteiger partial charge in [0.25, 0.3) is 0 Å². The number of amides is 1. The van der Waals surface area contributed by atoms with Crippen molar-refractivity contribution < 1.29 is 15.0 Å². The van der Waals surface area contributed by atoms with Crippen LogP contribution < -0.4 is 5.32 Å². The fourth-order valence-electron chi connectivity index (χ4n) is 0.987. The van der Waals surface area contributed by atoms with Crippen LogP contribution in [0.3, 0.4) is 0 Å². The Morgan fingerprint density at radius 3 is 2.50 bits per heavy atom. The van der Waals surface area contributed by atoms with Crippen LogP contribution >= 0.6 is 15.9 Å². The molecule has 0 aliphatic rings. The molecule has 76 valence electrons. The first-order chi connectivity index (χ1) is 6.59. The molecule has 0 fully saturated rings. The lowest BCUT2D eigenvalue weighted by Gasteiger charge is -2.10. The van der Waals surface area contributed by atoms with Crippen LogP contribution in [0.15, 0.2) is 28.7 Å². The van der Waals surface area contributed by atoms with Crippen LogP contribution in [0.25, 0.3) is 0 Å². The molecule has 0 heterocycles. The summed E-state index contributed by atoms with van der Waals surface area (Å²) in [5.74, 6) is 0. The summed E-state index contributed by atoms with van der Waals surface area (Å²) in [5.41, 5.74) is 0.682. The predicted molar refractivity (Wildman–Crippen MR) is 55.1 cm³/mol. The van der Waals surface area contributed by atoms with Crippen molar-refractivity contribution in [1.29, 1.82) is 0 Å². The second-order valence-corrected chi connectivity index (χ2v) is 3.67. The van der Waals surface area contributed by atoms with Gasteiger partial charge >= 0.3 is 6.09 Å². The van der Waals surface area contributed by atoms with Crippen LogP contribution in [0.5, 0.6) is 0 Å². The number of aliphatic hydroxyl groups excluding tert-OH is 1. The minimum atomic E-state index is -1.14. The molecule has 0 saturated heterocycles.